The number of hydrogen-bond acceptors (Lipinski definition) is 3. The number of hydrogen-bond donors (Lipinski definition) is 1. The lowest BCUT2D eigenvalue weighted by molar-refractivity contribution is 0.140. The maximum Gasteiger partial charge on any atom is 0.126 e. The first-order valence-corrected chi connectivity index (χ1v) is 5.13. The van der Waals surface area contributed by atoms with Gasteiger partial charge in [0.25, 0.3) is 0 Å². The van der Waals surface area contributed by atoms with Crippen LogP contribution in [0.3, 0.4) is 0 Å². The lowest BCUT2D eigenvalue weighted by Crippen LogP contribution is -2.06. The smallest absolute Gasteiger partial charge is 0.126 e. The first-order chi connectivity index (χ1) is 7.11. The van der Waals surface area contributed by atoms with Gasteiger partial charge >= 0.3 is 0 Å². The molecule has 0 spiro atoms. The zero-order valence-corrected chi connectivity index (χ0v) is 10.0. The van der Waals surface area contributed by atoms with Crippen LogP contribution in [0.25, 0.3) is 0 Å². The largest absolute Gasteiger partial charge is 0.496 e. The van der Waals surface area contributed by atoms with Gasteiger partial charge in [-0.15, -0.1) is 0 Å². The van der Waals surface area contributed by atoms with Crippen LogP contribution in [0.4, 0.5) is 0 Å². The molecule has 0 fully saturated rings. The van der Waals surface area contributed by atoms with Crippen molar-refractivity contribution in [2.24, 2.45) is 5.90 Å². The number of methoxy groups -OCH3 is 1. The predicted octanol–water partition coefficient (Wildman–Crippen LogP) is 2.40. The normalized spacial score (nSPS) is 10.5. The molecule has 1 aromatic rings. The molecule has 0 aliphatic carbocycles. The van der Waals surface area contributed by atoms with Crippen molar-refractivity contribution < 1.29 is 9.57 Å². The van der Waals surface area contributed by atoms with Gasteiger partial charge in [-0.1, -0.05) is 17.7 Å². The summed E-state index contributed by atoms with van der Waals surface area (Å²) in [6.07, 6.45) is 0.654. The van der Waals surface area contributed by atoms with E-state index in [-0.39, 0.29) is 0 Å². The predicted molar refractivity (Wildman–Crippen MR) is 61.3 cm³/mol. The summed E-state index contributed by atoms with van der Waals surface area (Å²) in [4.78, 5) is 4.57. The Bertz CT molecular complexity index is 353. The quantitative estimate of drug-likeness (QED) is 0.807. The summed E-state index contributed by atoms with van der Waals surface area (Å²) in [5.74, 6) is 5.83. The van der Waals surface area contributed by atoms with Gasteiger partial charge in [0, 0.05) is 12.0 Å². The minimum Gasteiger partial charge on any atom is -0.496 e. The molecule has 0 heterocycles. The van der Waals surface area contributed by atoms with Gasteiger partial charge in [-0.3, -0.25) is 0 Å². The van der Waals surface area contributed by atoms with Crippen molar-refractivity contribution in [2.75, 3.05) is 13.7 Å². The van der Waals surface area contributed by atoms with Gasteiger partial charge in [-0.2, -0.15) is 0 Å². The highest BCUT2D eigenvalue weighted by Crippen LogP contribution is 2.33. The highest BCUT2D eigenvalue weighted by molar-refractivity contribution is 6.32. The molecule has 0 amide bonds. The summed E-state index contributed by atoms with van der Waals surface area (Å²) >= 11 is 6.21. The van der Waals surface area contributed by atoms with Crippen LogP contribution in [0.1, 0.15) is 16.7 Å². The molecule has 0 aliphatic rings. The Morgan fingerprint density at radius 1 is 1.33 bits per heavy atom. The van der Waals surface area contributed by atoms with E-state index >= 15 is 0 Å². The van der Waals surface area contributed by atoms with Gasteiger partial charge in [-0.05, 0) is 25.0 Å². The molecular formula is C11H16ClNO2. The van der Waals surface area contributed by atoms with E-state index in [9.17, 15) is 0 Å². The van der Waals surface area contributed by atoms with Gasteiger partial charge in [0.05, 0.1) is 18.7 Å². The van der Waals surface area contributed by atoms with E-state index < -0.39 is 0 Å². The van der Waals surface area contributed by atoms with Crippen molar-refractivity contribution in [2.45, 2.75) is 20.3 Å². The molecule has 0 saturated heterocycles. The average Bonchev–Trinajstić information content (AvgIpc) is 2.21. The highest BCUT2D eigenvalue weighted by atomic mass is 35.5. The van der Waals surface area contributed by atoms with Gasteiger partial charge in [-0.25, -0.2) is 5.90 Å². The molecule has 4 heteroatoms. The summed E-state index contributed by atoms with van der Waals surface area (Å²) in [5.41, 5.74) is 3.08. The van der Waals surface area contributed by atoms with Crippen molar-refractivity contribution in [1.82, 2.24) is 0 Å². The zero-order valence-electron chi connectivity index (χ0n) is 9.26. The molecule has 1 rings (SSSR count). The van der Waals surface area contributed by atoms with Gasteiger partial charge in [0.15, 0.2) is 0 Å². The molecule has 3 nitrogen and oxygen atoms in total. The van der Waals surface area contributed by atoms with Gasteiger partial charge < -0.3 is 9.57 Å². The topological polar surface area (TPSA) is 44.5 Å². The Morgan fingerprint density at radius 2 is 2.00 bits per heavy atom. The maximum atomic E-state index is 6.21. The number of nitrogens with two attached hydrogens (primary N) is 1. The van der Waals surface area contributed by atoms with Crippen LogP contribution in [0.2, 0.25) is 5.02 Å². The Morgan fingerprint density at radius 3 is 2.53 bits per heavy atom. The van der Waals surface area contributed by atoms with E-state index in [0.717, 1.165) is 27.5 Å². The van der Waals surface area contributed by atoms with Crippen LogP contribution in [0.5, 0.6) is 5.75 Å². The fourth-order valence-corrected chi connectivity index (χ4v) is 1.93. The summed E-state index contributed by atoms with van der Waals surface area (Å²) < 4.78 is 5.33. The maximum absolute atomic E-state index is 6.21. The third-order valence-corrected chi connectivity index (χ3v) is 2.88. The van der Waals surface area contributed by atoms with E-state index in [0.29, 0.717) is 13.0 Å². The Hall–Kier alpha value is -0.770. The van der Waals surface area contributed by atoms with E-state index in [4.69, 9.17) is 22.2 Å². The summed E-state index contributed by atoms with van der Waals surface area (Å²) in [5, 5.41) is 0.731. The second-order valence-corrected chi connectivity index (χ2v) is 3.83. The third-order valence-electron chi connectivity index (χ3n) is 2.35. The molecule has 0 bridgehead atoms. The van der Waals surface area contributed by atoms with Crippen LogP contribution in [-0.2, 0) is 11.3 Å². The lowest BCUT2D eigenvalue weighted by atomic mass is 10.0. The fourth-order valence-electron chi connectivity index (χ4n) is 1.70. The molecule has 15 heavy (non-hydrogen) atoms. The van der Waals surface area contributed by atoms with Crippen molar-refractivity contribution in [1.29, 1.82) is 0 Å². The Kier molecular flexibility index (Phi) is 4.39. The number of rotatable bonds is 4. The number of aryl methyl sites for hydroxylation is 2. The van der Waals surface area contributed by atoms with Gasteiger partial charge in [0.1, 0.15) is 5.75 Å². The summed E-state index contributed by atoms with van der Waals surface area (Å²) in [7, 11) is 1.64. The number of ether oxygens (including phenoxy) is 1. The monoisotopic (exact) mass is 229 g/mol. The molecule has 0 aromatic heterocycles. The van der Waals surface area contributed by atoms with Crippen molar-refractivity contribution in [3.8, 4) is 5.75 Å². The fraction of sp³-hybridized carbons (Fsp3) is 0.455. The van der Waals surface area contributed by atoms with E-state index in [1.165, 1.54) is 0 Å². The highest BCUT2D eigenvalue weighted by Gasteiger charge is 2.13. The van der Waals surface area contributed by atoms with Gasteiger partial charge in [0.2, 0.25) is 0 Å². The van der Waals surface area contributed by atoms with Crippen molar-refractivity contribution in [3.63, 3.8) is 0 Å². The first-order valence-electron chi connectivity index (χ1n) is 4.76. The van der Waals surface area contributed by atoms with E-state index in [2.05, 4.69) is 4.84 Å². The molecule has 0 radical (unpaired) electrons. The number of benzene rings is 1. The lowest BCUT2D eigenvalue weighted by Gasteiger charge is -2.14. The minimum atomic E-state index is 0.430. The Labute approximate surface area is 95.1 Å². The van der Waals surface area contributed by atoms with Crippen LogP contribution < -0.4 is 10.6 Å². The van der Waals surface area contributed by atoms with Crippen molar-refractivity contribution in [3.05, 3.63) is 27.8 Å². The second-order valence-electron chi connectivity index (χ2n) is 3.46. The second kappa shape index (κ2) is 5.35. The van der Waals surface area contributed by atoms with Crippen LogP contribution >= 0.6 is 11.6 Å². The first kappa shape index (κ1) is 12.3. The molecule has 0 aliphatic heterocycles. The molecule has 1 aromatic carbocycles. The summed E-state index contributed by atoms with van der Waals surface area (Å²) in [6, 6.07) is 2.01. The molecular weight excluding hydrogens is 214 g/mol. The molecule has 84 valence electrons. The van der Waals surface area contributed by atoms with Crippen molar-refractivity contribution >= 4 is 11.6 Å². The molecule has 0 unspecified atom stereocenters. The summed E-state index contributed by atoms with van der Waals surface area (Å²) in [6.45, 7) is 4.40. The molecule has 0 atom stereocenters. The molecule has 0 saturated carbocycles. The minimum absolute atomic E-state index is 0.430. The average molecular weight is 230 g/mol. The number of halogens is 1. The standard InChI is InChI=1S/C11H16ClNO2/c1-7-6-8(2)11(14-3)9(10(7)12)4-5-15-13/h6H,4-5,13H2,1-3H3. The molecule has 2 N–H and O–H groups in total. The zero-order chi connectivity index (χ0) is 11.4. The van der Waals surface area contributed by atoms with E-state index in [1.54, 1.807) is 7.11 Å². The van der Waals surface area contributed by atoms with Crippen LogP contribution in [0, 0.1) is 13.8 Å². The van der Waals surface area contributed by atoms with Crippen LogP contribution in [-0.4, -0.2) is 13.7 Å². The van der Waals surface area contributed by atoms with E-state index in [1.807, 2.05) is 19.9 Å². The third kappa shape index (κ3) is 2.62. The van der Waals surface area contributed by atoms with Crippen LogP contribution in [0.15, 0.2) is 6.07 Å². The SMILES string of the molecule is COc1c(C)cc(C)c(Cl)c1CCON. The Balaban J connectivity index is 3.18.